The molecule has 0 aromatic carbocycles. The molecule has 0 aliphatic carbocycles. The van der Waals surface area contributed by atoms with Crippen molar-refractivity contribution in [2.24, 2.45) is 5.92 Å². The predicted molar refractivity (Wildman–Crippen MR) is 95.9 cm³/mol. The normalized spacial score (nSPS) is 28.0. The summed E-state index contributed by atoms with van der Waals surface area (Å²) in [5, 5.41) is 7.10. The van der Waals surface area contributed by atoms with Gasteiger partial charge >= 0.3 is 6.18 Å². The molecule has 2 aromatic rings. The van der Waals surface area contributed by atoms with E-state index in [-0.39, 0.29) is 29.9 Å². The Kier molecular flexibility index (Phi) is 4.63. The third kappa shape index (κ3) is 3.38. The second kappa shape index (κ2) is 6.86. The van der Waals surface area contributed by atoms with E-state index in [2.05, 4.69) is 17.3 Å². The molecule has 1 saturated heterocycles. The summed E-state index contributed by atoms with van der Waals surface area (Å²) in [5.41, 5.74) is 0.0396. The van der Waals surface area contributed by atoms with Crippen LogP contribution in [-0.4, -0.2) is 39.4 Å². The maximum atomic E-state index is 13.7. The minimum Gasteiger partial charge on any atom is -0.467 e. The molecule has 2 aromatic heterocycles. The van der Waals surface area contributed by atoms with E-state index in [9.17, 15) is 18.0 Å². The SMILES string of the molecule is C[C@@H]1CC[C@H](C)N(C(=O)c2cc3n(n2)[C@@H](C(F)(F)F)C[C@H](c2ccco2)N3)C1. The van der Waals surface area contributed by atoms with Crippen LogP contribution in [0.25, 0.3) is 0 Å². The van der Waals surface area contributed by atoms with Gasteiger partial charge in [-0.2, -0.15) is 18.3 Å². The van der Waals surface area contributed by atoms with Crippen molar-refractivity contribution in [2.45, 2.75) is 57.4 Å². The minimum atomic E-state index is -4.49. The number of furan rings is 1. The summed E-state index contributed by atoms with van der Waals surface area (Å²) in [6.45, 7) is 4.62. The van der Waals surface area contributed by atoms with Gasteiger partial charge in [-0.15, -0.1) is 0 Å². The van der Waals surface area contributed by atoms with Gasteiger partial charge in [-0.1, -0.05) is 6.92 Å². The molecule has 4 atom stereocenters. The average molecular weight is 396 g/mol. The summed E-state index contributed by atoms with van der Waals surface area (Å²) in [4.78, 5) is 14.7. The molecule has 1 amide bonds. The molecule has 1 fully saturated rings. The van der Waals surface area contributed by atoms with Crippen molar-refractivity contribution in [3.63, 3.8) is 0 Å². The van der Waals surface area contributed by atoms with Gasteiger partial charge in [-0.3, -0.25) is 4.79 Å². The number of piperidine rings is 1. The topological polar surface area (TPSA) is 63.3 Å². The Morgan fingerprint density at radius 1 is 1.32 bits per heavy atom. The van der Waals surface area contributed by atoms with Crippen LogP contribution in [0.3, 0.4) is 0 Å². The number of alkyl halides is 3. The number of halogens is 3. The fourth-order valence-electron chi connectivity index (χ4n) is 4.07. The van der Waals surface area contributed by atoms with Crippen LogP contribution in [-0.2, 0) is 0 Å². The lowest BCUT2D eigenvalue weighted by atomic mass is 9.95. The number of anilines is 1. The van der Waals surface area contributed by atoms with E-state index >= 15 is 0 Å². The highest BCUT2D eigenvalue weighted by molar-refractivity contribution is 5.93. The van der Waals surface area contributed by atoms with Crippen molar-refractivity contribution in [3.8, 4) is 0 Å². The van der Waals surface area contributed by atoms with Gasteiger partial charge in [0.15, 0.2) is 11.7 Å². The number of carbonyl (C=O) groups excluding carboxylic acids is 1. The molecule has 0 saturated carbocycles. The standard InChI is InChI=1S/C19H23F3N4O2/c1-11-5-6-12(2)25(10-11)18(27)14-9-17-23-13(15-4-3-7-28-15)8-16(19(20,21)22)26(17)24-14/h3-4,7,9,11-13,16,23H,5-6,8,10H2,1-2H3/t11-,12+,13-,16-/m1/s1. The molecule has 1 N–H and O–H groups in total. The first-order chi connectivity index (χ1) is 13.2. The number of nitrogens with one attached hydrogen (secondary N) is 1. The number of aromatic nitrogens is 2. The fourth-order valence-corrected chi connectivity index (χ4v) is 4.07. The lowest BCUT2D eigenvalue weighted by Gasteiger charge is -2.36. The monoisotopic (exact) mass is 396 g/mol. The van der Waals surface area contributed by atoms with Crippen molar-refractivity contribution in [3.05, 3.63) is 35.9 Å². The maximum absolute atomic E-state index is 13.7. The average Bonchev–Trinajstić information content (AvgIpc) is 3.30. The maximum Gasteiger partial charge on any atom is 0.410 e. The van der Waals surface area contributed by atoms with Crippen LogP contribution in [0.4, 0.5) is 19.0 Å². The van der Waals surface area contributed by atoms with Crippen LogP contribution >= 0.6 is 0 Å². The van der Waals surface area contributed by atoms with Crippen molar-refractivity contribution in [1.29, 1.82) is 0 Å². The zero-order valence-electron chi connectivity index (χ0n) is 15.7. The predicted octanol–water partition coefficient (Wildman–Crippen LogP) is 4.40. The van der Waals surface area contributed by atoms with Gasteiger partial charge in [0.1, 0.15) is 11.6 Å². The molecule has 0 bridgehead atoms. The summed E-state index contributed by atoms with van der Waals surface area (Å²) in [7, 11) is 0. The number of rotatable bonds is 2. The number of hydrogen-bond acceptors (Lipinski definition) is 4. The Labute approximate surface area is 160 Å². The number of amides is 1. The molecule has 4 heterocycles. The van der Waals surface area contributed by atoms with Gasteiger partial charge in [-0.05, 0) is 37.8 Å². The quantitative estimate of drug-likeness (QED) is 0.818. The number of carbonyl (C=O) groups is 1. The molecule has 0 unspecified atom stereocenters. The van der Waals surface area contributed by atoms with E-state index in [0.29, 0.717) is 18.2 Å². The van der Waals surface area contributed by atoms with Crippen LogP contribution in [0.2, 0.25) is 0 Å². The molecule has 6 nitrogen and oxygen atoms in total. The Hall–Kier alpha value is -2.45. The largest absolute Gasteiger partial charge is 0.467 e. The van der Waals surface area contributed by atoms with E-state index in [4.69, 9.17) is 4.42 Å². The van der Waals surface area contributed by atoms with Gasteiger partial charge in [0.05, 0.1) is 12.3 Å². The number of fused-ring (bicyclic) bond motifs is 1. The van der Waals surface area contributed by atoms with Crippen LogP contribution < -0.4 is 5.32 Å². The summed E-state index contributed by atoms with van der Waals surface area (Å²) < 4.78 is 47.3. The first kappa shape index (κ1) is 18.9. The van der Waals surface area contributed by atoms with Crippen molar-refractivity contribution >= 4 is 11.7 Å². The highest BCUT2D eigenvalue weighted by atomic mass is 19.4. The van der Waals surface area contributed by atoms with Crippen molar-refractivity contribution < 1.29 is 22.4 Å². The van der Waals surface area contributed by atoms with Gasteiger partial charge < -0.3 is 14.6 Å². The molecule has 28 heavy (non-hydrogen) atoms. The minimum absolute atomic E-state index is 0.0396. The molecule has 4 rings (SSSR count). The van der Waals surface area contributed by atoms with E-state index in [1.807, 2.05) is 6.92 Å². The fraction of sp³-hybridized carbons (Fsp3) is 0.579. The summed E-state index contributed by atoms with van der Waals surface area (Å²) in [6, 6.07) is 2.28. The van der Waals surface area contributed by atoms with Gasteiger partial charge in [-0.25, -0.2) is 4.68 Å². The van der Waals surface area contributed by atoms with Crippen LogP contribution in [0.5, 0.6) is 0 Å². The second-order valence-corrected chi connectivity index (χ2v) is 7.85. The number of likely N-dealkylation sites (tertiary alicyclic amines) is 1. The van der Waals surface area contributed by atoms with Crippen molar-refractivity contribution in [2.75, 3.05) is 11.9 Å². The summed E-state index contributed by atoms with van der Waals surface area (Å²) in [6.07, 6.45) is -1.39. The van der Waals surface area contributed by atoms with E-state index in [0.717, 1.165) is 17.5 Å². The molecular formula is C19H23F3N4O2. The third-order valence-electron chi connectivity index (χ3n) is 5.67. The first-order valence-electron chi connectivity index (χ1n) is 9.51. The van der Waals surface area contributed by atoms with Crippen LogP contribution in [0, 0.1) is 5.92 Å². The Balaban J connectivity index is 1.66. The highest BCUT2D eigenvalue weighted by Crippen LogP contribution is 2.43. The summed E-state index contributed by atoms with van der Waals surface area (Å²) in [5.74, 6) is 0.643. The van der Waals surface area contributed by atoms with Crippen molar-refractivity contribution in [1.82, 2.24) is 14.7 Å². The number of hydrogen-bond donors (Lipinski definition) is 1. The lowest BCUT2D eigenvalue weighted by Crippen LogP contribution is -2.45. The molecule has 152 valence electrons. The Morgan fingerprint density at radius 3 is 2.79 bits per heavy atom. The molecule has 9 heteroatoms. The first-order valence-corrected chi connectivity index (χ1v) is 9.51. The third-order valence-corrected chi connectivity index (χ3v) is 5.67. The zero-order chi connectivity index (χ0) is 20.1. The Morgan fingerprint density at radius 2 is 2.11 bits per heavy atom. The van der Waals surface area contributed by atoms with Crippen LogP contribution in [0.15, 0.2) is 28.9 Å². The lowest BCUT2D eigenvalue weighted by molar-refractivity contribution is -0.174. The molecule has 2 aliphatic rings. The number of nitrogens with zero attached hydrogens (tertiary/aromatic N) is 3. The van der Waals surface area contributed by atoms with E-state index < -0.39 is 18.3 Å². The second-order valence-electron chi connectivity index (χ2n) is 7.85. The van der Waals surface area contributed by atoms with Crippen LogP contribution in [0.1, 0.15) is 61.4 Å². The molecular weight excluding hydrogens is 373 g/mol. The van der Waals surface area contributed by atoms with Gasteiger partial charge in [0.2, 0.25) is 0 Å². The van der Waals surface area contributed by atoms with E-state index in [1.54, 1.807) is 17.0 Å². The van der Waals surface area contributed by atoms with Gasteiger partial charge in [0.25, 0.3) is 5.91 Å². The highest BCUT2D eigenvalue weighted by Gasteiger charge is 2.47. The summed E-state index contributed by atoms with van der Waals surface area (Å²) >= 11 is 0. The molecule has 2 aliphatic heterocycles. The molecule has 0 radical (unpaired) electrons. The van der Waals surface area contributed by atoms with Gasteiger partial charge in [0, 0.05) is 25.1 Å². The smallest absolute Gasteiger partial charge is 0.410 e. The molecule has 0 spiro atoms. The Bertz CT molecular complexity index is 846. The zero-order valence-corrected chi connectivity index (χ0v) is 15.7. The van der Waals surface area contributed by atoms with E-state index in [1.165, 1.54) is 12.3 Å².